The van der Waals surface area contributed by atoms with Crippen molar-refractivity contribution < 1.29 is 0 Å². The molecule has 0 bridgehead atoms. The lowest BCUT2D eigenvalue weighted by Crippen LogP contribution is -2.47. The van der Waals surface area contributed by atoms with Gasteiger partial charge in [0.2, 0.25) is 0 Å². The van der Waals surface area contributed by atoms with Crippen LogP contribution in [0.4, 0.5) is 0 Å². The van der Waals surface area contributed by atoms with Crippen molar-refractivity contribution in [2.24, 2.45) is 11.1 Å². The summed E-state index contributed by atoms with van der Waals surface area (Å²) in [7, 11) is 0. The molecule has 1 aromatic carbocycles. The van der Waals surface area contributed by atoms with E-state index in [0.29, 0.717) is 5.41 Å². The molecule has 3 aromatic rings. The van der Waals surface area contributed by atoms with Gasteiger partial charge in [-0.15, -0.1) is 0 Å². The summed E-state index contributed by atoms with van der Waals surface area (Å²) in [6.45, 7) is 1.73. The Balaban J connectivity index is 1.55. The van der Waals surface area contributed by atoms with Crippen LogP contribution in [0.3, 0.4) is 0 Å². The number of nitrogens with zero attached hydrogens (tertiary/aromatic N) is 2. The summed E-state index contributed by atoms with van der Waals surface area (Å²) < 4.78 is 3.26. The topological polar surface area (TPSA) is 55.3 Å². The molecule has 0 spiro atoms. The Hall–Kier alpha value is -1.69. The van der Waals surface area contributed by atoms with Crippen molar-refractivity contribution in [3.63, 3.8) is 0 Å². The molecule has 5 rings (SSSR count). The average molecular weight is 411 g/mol. The van der Waals surface area contributed by atoms with Crippen molar-refractivity contribution in [1.82, 2.24) is 14.7 Å². The maximum Gasteiger partial charge on any atom is 0.137 e. The Bertz CT molecular complexity index is 942. The highest BCUT2D eigenvalue weighted by molar-refractivity contribution is 9.10. The molecule has 26 heavy (non-hydrogen) atoms. The Labute approximate surface area is 161 Å². The Morgan fingerprint density at radius 3 is 2.77 bits per heavy atom. The predicted molar refractivity (Wildman–Crippen MR) is 107 cm³/mol. The first kappa shape index (κ1) is 16.5. The number of nitrogens with two attached hydrogens (primary N) is 1. The van der Waals surface area contributed by atoms with E-state index in [1.54, 1.807) is 0 Å². The maximum atomic E-state index is 6.03. The quantitative estimate of drug-likeness (QED) is 0.677. The van der Waals surface area contributed by atoms with Gasteiger partial charge in [0, 0.05) is 23.4 Å². The molecule has 0 radical (unpaired) electrons. The summed E-state index contributed by atoms with van der Waals surface area (Å²) in [4.78, 5) is 4.98. The number of nitrogens with one attached hydrogen (secondary N) is 1. The molecule has 1 fully saturated rings. The van der Waals surface area contributed by atoms with E-state index in [1.165, 1.54) is 24.0 Å². The number of pyridine rings is 1. The highest BCUT2D eigenvalue weighted by Gasteiger charge is 2.46. The zero-order valence-corrected chi connectivity index (χ0v) is 16.3. The average Bonchev–Trinajstić information content (AvgIpc) is 3.14. The molecule has 2 aromatic heterocycles. The van der Waals surface area contributed by atoms with Crippen molar-refractivity contribution in [3.8, 4) is 0 Å². The number of hydrogen-bond acceptors (Lipinski definition) is 3. The van der Waals surface area contributed by atoms with Gasteiger partial charge in [0.15, 0.2) is 0 Å². The van der Waals surface area contributed by atoms with Crippen LogP contribution in [0.2, 0.25) is 0 Å². The minimum atomic E-state index is -0.153. The van der Waals surface area contributed by atoms with Crippen molar-refractivity contribution in [2.45, 2.75) is 31.2 Å². The van der Waals surface area contributed by atoms with Gasteiger partial charge in [0.1, 0.15) is 5.65 Å². The van der Waals surface area contributed by atoms with Crippen molar-refractivity contribution in [1.29, 1.82) is 0 Å². The summed E-state index contributed by atoms with van der Waals surface area (Å²) in [5.74, 6) is 0. The Kier molecular flexibility index (Phi) is 3.75. The van der Waals surface area contributed by atoms with Gasteiger partial charge in [-0.1, -0.05) is 28.1 Å². The van der Waals surface area contributed by atoms with Crippen LogP contribution >= 0.6 is 15.9 Å². The molecule has 3 N–H and O–H groups in total. The van der Waals surface area contributed by atoms with E-state index < -0.39 is 0 Å². The highest BCUT2D eigenvalue weighted by Crippen LogP contribution is 2.46. The van der Waals surface area contributed by atoms with Gasteiger partial charge >= 0.3 is 0 Å². The molecular weight excluding hydrogens is 388 g/mol. The summed E-state index contributed by atoms with van der Waals surface area (Å²) in [6, 6.07) is 12.8. The number of rotatable bonds is 5. The van der Waals surface area contributed by atoms with Crippen LogP contribution in [-0.4, -0.2) is 22.5 Å². The molecule has 1 unspecified atom stereocenters. The molecule has 134 valence electrons. The molecule has 1 saturated carbocycles. The first-order valence-corrected chi connectivity index (χ1v) is 10.1. The van der Waals surface area contributed by atoms with E-state index in [-0.39, 0.29) is 5.54 Å². The lowest BCUT2D eigenvalue weighted by molar-refractivity contribution is 0.303. The third-order valence-electron chi connectivity index (χ3n) is 6.20. The van der Waals surface area contributed by atoms with Gasteiger partial charge in [-0.25, -0.2) is 4.98 Å². The number of imidazole rings is 1. The van der Waals surface area contributed by atoms with Crippen molar-refractivity contribution in [2.75, 3.05) is 13.1 Å². The molecule has 2 heterocycles. The summed E-state index contributed by atoms with van der Waals surface area (Å²) in [6.07, 6.45) is 8.66. The third-order valence-corrected chi connectivity index (χ3v) is 6.69. The van der Waals surface area contributed by atoms with Crippen LogP contribution in [0.1, 0.15) is 29.7 Å². The summed E-state index contributed by atoms with van der Waals surface area (Å²) in [5.41, 5.74) is 11.1. The van der Waals surface area contributed by atoms with Crippen LogP contribution < -0.4 is 11.1 Å². The lowest BCUT2D eigenvalue weighted by Gasteiger charge is -2.31. The molecule has 5 heteroatoms. The van der Waals surface area contributed by atoms with Crippen LogP contribution in [0.25, 0.3) is 5.65 Å². The second kappa shape index (κ2) is 5.91. The number of benzene rings is 1. The highest BCUT2D eigenvalue weighted by atomic mass is 79.9. The van der Waals surface area contributed by atoms with E-state index >= 15 is 0 Å². The van der Waals surface area contributed by atoms with E-state index in [2.05, 4.69) is 62.3 Å². The number of hydrogen-bond donors (Lipinski definition) is 2. The van der Waals surface area contributed by atoms with Gasteiger partial charge in [-0.3, -0.25) is 0 Å². The smallest absolute Gasteiger partial charge is 0.137 e. The second-order valence-corrected chi connectivity index (χ2v) is 8.91. The maximum absolute atomic E-state index is 6.03. The van der Waals surface area contributed by atoms with Crippen molar-refractivity contribution in [3.05, 3.63) is 70.1 Å². The monoisotopic (exact) mass is 410 g/mol. The lowest BCUT2D eigenvalue weighted by atomic mass is 9.90. The van der Waals surface area contributed by atoms with Gasteiger partial charge < -0.3 is 15.5 Å². The fourth-order valence-electron chi connectivity index (χ4n) is 4.19. The first-order valence-electron chi connectivity index (χ1n) is 9.28. The fourth-order valence-corrected chi connectivity index (χ4v) is 4.60. The SMILES string of the molecule is NCC1(CNC2(c3cn4ccccc4n3)Cc3ccc(Br)cc3C2)CC1. The summed E-state index contributed by atoms with van der Waals surface area (Å²) in [5, 5.41) is 3.92. The molecule has 4 nitrogen and oxygen atoms in total. The molecule has 2 aliphatic carbocycles. The van der Waals surface area contributed by atoms with Crippen LogP contribution in [0.5, 0.6) is 0 Å². The molecule has 2 aliphatic rings. The summed E-state index contributed by atoms with van der Waals surface area (Å²) >= 11 is 3.62. The molecule has 0 aliphatic heterocycles. The number of halogens is 1. The van der Waals surface area contributed by atoms with Crippen molar-refractivity contribution >= 4 is 21.6 Å². The fraction of sp³-hybridized carbons (Fsp3) is 0.381. The predicted octanol–water partition coefficient (Wildman–Crippen LogP) is 3.42. The number of aromatic nitrogens is 2. The standard InChI is InChI=1S/C21H23BrN4/c22-17-5-4-15-10-21(11-16(15)9-17,24-14-20(13-23)6-7-20)18-12-26-8-2-1-3-19(26)25-18/h1-5,8-9,12,24H,6-7,10-11,13-14,23H2. The number of fused-ring (bicyclic) bond motifs is 2. The van der Waals surface area contributed by atoms with E-state index in [0.717, 1.165) is 41.7 Å². The van der Waals surface area contributed by atoms with Gasteiger partial charge in [0.25, 0.3) is 0 Å². The largest absolute Gasteiger partial charge is 0.330 e. The molecule has 0 saturated heterocycles. The third kappa shape index (κ3) is 2.70. The van der Waals surface area contributed by atoms with Crippen LogP contribution in [-0.2, 0) is 18.4 Å². The van der Waals surface area contributed by atoms with Gasteiger partial charge in [-0.05, 0) is 73.0 Å². The zero-order valence-electron chi connectivity index (χ0n) is 14.7. The minimum Gasteiger partial charge on any atom is -0.330 e. The molecule has 1 atom stereocenters. The van der Waals surface area contributed by atoms with E-state index in [4.69, 9.17) is 10.7 Å². The Morgan fingerprint density at radius 1 is 1.15 bits per heavy atom. The zero-order chi connectivity index (χ0) is 17.8. The minimum absolute atomic E-state index is 0.153. The Morgan fingerprint density at radius 2 is 2.00 bits per heavy atom. The molecular formula is C21H23BrN4. The normalized spacial score (nSPS) is 23.3. The van der Waals surface area contributed by atoms with Gasteiger partial charge in [0.05, 0.1) is 11.2 Å². The van der Waals surface area contributed by atoms with Gasteiger partial charge in [-0.2, -0.15) is 0 Å². The van der Waals surface area contributed by atoms with Crippen LogP contribution in [0.15, 0.2) is 53.3 Å². The van der Waals surface area contributed by atoms with Crippen LogP contribution in [0, 0.1) is 5.41 Å². The van der Waals surface area contributed by atoms with E-state index in [1.807, 2.05) is 12.1 Å². The molecule has 0 amide bonds. The first-order chi connectivity index (χ1) is 12.6. The van der Waals surface area contributed by atoms with E-state index in [9.17, 15) is 0 Å². The second-order valence-electron chi connectivity index (χ2n) is 8.00.